The highest BCUT2D eigenvalue weighted by Gasteiger charge is 2.26. The van der Waals surface area contributed by atoms with Crippen LogP contribution in [0.5, 0.6) is 5.75 Å². The molecule has 3 rings (SSSR count). The summed E-state index contributed by atoms with van der Waals surface area (Å²) < 4.78 is 5.69. The second-order valence-corrected chi connectivity index (χ2v) is 5.34. The van der Waals surface area contributed by atoms with Gasteiger partial charge in [0.1, 0.15) is 5.75 Å². The summed E-state index contributed by atoms with van der Waals surface area (Å²) in [6.45, 7) is 0.249. The van der Waals surface area contributed by atoms with Crippen LogP contribution in [-0.4, -0.2) is 38.0 Å². The number of aromatic nitrogens is 4. The van der Waals surface area contributed by atoms with Gasteiger partial charge in [0, 0.05) is 10.6 Å². The molecule has 1 aromatic carbocycles. The Labute approximate surface area is 119 Å². The Kier molecular flexibility index (Phi) is 3.55. The summed E-state index contributed by atoms with van der Waals surface area (Å²) in [6.07, 6.45) is -0.494. The third-order valence-corrected chi connectivity index (χ3v) is 3.89. The zero-order valence-corrected chi connectivity index (χ0v) is 11.6. The maximum atomic E-state index is 12.1. The van der Waals surface area contributed by atoms with Gasteiger partial charge >= 0.3 is 0 Å². The normalized spacial score (nSPS) is 17.1. The molecule has 0 fully saturated rings. The van der Waals surface area contributed by atoms with E-state index in [1.807, 2.05) is 24.3 Å². The van der Waals surface area contributed by atoms with Gasteiger partial charge < -0.3 is 10.1 Å². The molecule has 1 amide bonds. The monoisotopic (exact) mass is 291 g/mol. The molecule has 0 spiro atoms. The highest BCUT2D eigenvalue weighted by molar-refractivity contribution is 7.99. The lowest BCUT2D eigenvalue weighted by Crippen LogP contribution is -2.41. The molecule has 0 bridgehead atoms. The molecule has 0 saturated heterocycles. The maximum Gasteiger partial charge on any atom is 0.262 e. The van der Waals surface area contributed by atoms with Crippen molar-refractivity contribution in [2.45, 2.75) is 17.5 Å². The first-order valence-electron chi connectivity index (χ1n) is 6.11. The third kappa shape index (κ3) is 2.74. The van der Waals surface area contributed by atoms with Crippen molar-refractivity contribution >= 4 is 17.7 Å². The molecular formula is C12H13N5O2S. The number of carbonyl (C=O) groups is 1. The van der Waals surface area contributed by atoms with Gasteiger partial charge in [-0.05, 0) is 17.3 Å². The highest BCUT2D eigenvalue weighted by atomic mass is 32.2. The fraction of sp³-hybridized carbons (Fsp3) is 0.333. The van der Waals surface area contributed by atoms with Crippen LogP contribution in [0.1, 0.15) is 5.82 Å². The number of amides is 1. The first kappa shape index (κ1) is 12.9. The van der Waals surface area contributed by atoms with Gasteiger partial charge in [0.05, 0.1) is 13.6 Å². The predicted molar refractivity (Wildman–Crippen MR) is 72.2 cm³/mol. The van der Waals surface area contributed by atoms with Crippen molar-refractivity contribution in [1.82, 2.24) is 25.5 Å². The van der Waals surface area contributed by atoms with E-state index in [2.05, 4.69) is 20.7 Å². The van der Waals surface area contributed by atoms with Crippen LogP contribution in [0.3, 0.4) is 0 Å². The number of fused-ring (bicyclic) bond motifs is 1. The molecule has 1 aromatic heterocycles. The Balaban J connectivity index is 1.59. The van der Waals surface area contributed by atoms with Gasteiger partial charge in [0.25, 0.3) is 5.91 Å². The number of tetrazole rings is 1. The van der Waals surface area contributed by atoms with E-state index in [4.69, 9.17) is 4.74 Å². The molecule has 7 nitrogen and oxygen atoms in total. The molecule has 0 saturated carbocycles. The van der Waals surface area contributed by atoms with E-state index in [9.17, 15) is 4.79 Å². The van der Waals surface area contributed by atoms with E-state index in [1.54, 1.807) is 18.8 Å². The average molecular weight is 291 g/mol. The summed E-state index contributed by atoms with van der Waals surface area (Å²) in [5, 5.41) is 14.3. The van der Waals surface area contributed by atoms with Gasteiger partial charge in [0.15, 0.2) is 11.9 Å². The number of thioether (sulfide) groups is 1. The summed E-state index contributed by atoms with van der Waals surface area (Å²) in [7, 11) is 1.68. The van der Waals surface area contributed by atoms with E-state index >= 15 is 0 Å². The minimum atomic E-state index is -0.494. The largest absolute Gasteiger partial charge is 0.479 e. The Hall–Kier alpha value is -2.09. The third-order valence-electron chi connectivity index (χ3n) is 2.77. The van der Waals surface area contributed by atoms with Crippen LogP contribution in [0.4, 0.5) is 0 Å². The second kappa shape index (κ2) is 5.49. The Morgan fingerprint density at radius 2 is 2.40 bits per heavy atom. The molecule has 0 unspecified atom stereocenters. The number of hydrogen-bond donors (Lipinski definition) is 1. The second-order valence-electron chi connectivity index (χ2n) is 4.28. The predicted octanol–water partition coefficient (Wildman–Crippen LogP) is 0.380. The minimum Gasteiger partial charge on any atom is -0.479 e. The number of nitrogens with one attached hydrogen (secondary N) is 1. The first-order chi connectivity index (χ1) is 9.72. The van der Waals surface area contributed by atoms with Gasteiger partial charge in [-0.25, -0.2) is 0 Å². The lowest BCUT2D eigenvalue weighted by Gasteiger charge is -2.24. The number of nitrogens with zero attached hydrogens (tertiary/aromatic N) is 4. The van der Waals surface area contributed by atoms with Crippen LogP contribution in [0.15, 0.2) is 29.2 Å². The summed E-state index contributed by atoms with van der Waals surface area (Å²) in [5.74, 6) is 1.65. The van der Waals surface area contributed by atoms with Gasteiger partial charge in [-0.15, -0.1) is 22.0 Å². The zero-order valence-electron chi connectivity index (χ0n) is 10.8. The fourth-order valence-corrected chi connectivity index (χ4v) is 2.81. The molecule has 1 N–H and O–H groups in total. The topological polar surface area (TPSA) is 81.9 Å². The fourth-order valence-electron chi connectivity index (χ4n) is 1.82. The smallest absolute Gasteiger partial charge is 0.262 e. The molecule has 0 radical (unpaired) electrons. The number of benzene rings is 1. The molecule has 1 aliphatic rings. The van der Waals surface area contributed by atoms with Gasteiger partial charge in [0.2, 0.25) is 0 Å². The number of para-hydroxylation sites is 1. The number of ether oxygens (including phenoxy) is 1. The standard InChI is InChI=1S/C12H13N5O2S/c1-17-15-11(14-16-17)6-13-12(18)9-7-20-10-5-3-2-4-8(10)19-9/h2-5,9H,6-7H2,1H3,(H,13,18)/t9-/m1/s1. The van der Waals surface area contributed by atoms with Gasteiger partial charge in [-0.3, -0.25) is 4.79 Å². The van der Waals surface area contributed by atoms with Gasteiger partial charge in [-0.2, -0.15) is 4.80 Å². The summed E-state index contributed by atoms with van der Waals surface area (Å²) in [5.41, 5.74) is 0. The van der Waals surface area contributed by atoms with Crippen LogP contribution >= 0.6 is 11.8 Å². The highest BCUT2D eigenvalue weighted by Crippen LogP contribution is 2.34. The van der Waals surface area contributed by atoms with Crippen LogP contribution in [0.25, 0.3) is 0 Å². The van der Waals surface area contributed by atoms with E-state index in [-0.39, 0.29) is 12.5 Å². The number of hydrogen-bond acceptors (Lipinski definition) is 6. The van der Waals surface area contributed by atoms with Crippen molar-refractivity contribution in [3.05, 3.63) is 30.1 Å². The Bertz CT molecular complexity index is 630. The van der Waals surface area contributed by atoms with Crippen molar-refractivity contribution in [2.24, 2.45) is 7.05 Å². The van der Waals surface area contributed by atoms with Crippen molar-refractivity contribution < 1.29 is 9.53 Å². The molecule has 1 aliphatic heterocycles. The van der Waals surface area contributed by atoms with Crippen molar-refractivity contribution in [1.29, 1.82) is 0 Å². The van der Waals surface area contributed by atoms with Crippen LogP contribution in [0.2, 0.25) is 0 Å². The first-order valence-corrected chi connectivity index (χ1v) is 7.10. The maximum absolute atomic E-state index is 12.1. The molecule has 20 heavy (non-hydrogen) atoms. The zero-order chi connectivity index (χ0) is 13.9. The van der Waals surface area contributed by atoms with E-state index in [0.717, 1.165) is 10.6 Å². The molecule has 2 heterocycles. The SMILES string of the molecule is Cn1nnc(CNC(=O)[C@H]2CSc3ccccc3O2)n1. The average Bonchev–Trinajstić information content (AvgIpc) is 2.90. The number of carbonyl (C=O) groups excluding carboxylic acids is 1. The molecule has 104 valence electrons. The quantitative estimate of drug-likeness (QED) is 0.880. The van der Waals surface area contributed by atoms with Crippen molar-refractivity contribution in [3.8, 4) is 5.75 Å². The lowest BCUT2D eigenvalue weighted by atomic mass is 10.3. The summed E-state index contributed by atoms with van der Waals surface area (Å²) in [6, 6.07) is 7.70. The van der Waals surface area contributed by atoms with E-state index in [1.165, 1.54) is 4.80 Å². The Morgan fingerprint density at radius 3 is 3.20 bits per heavy atom. The van der Waals surface area contributed by atoms with Crippen molar-refractivity contribution in [3.63, 3.8) is 0 Å². The molecule has 1 atom stereocenters. The lowest BCUT2D eigenvalue weighted by molar-refractivity contribution is -0.127. The van der Waals surface area contributed by atoms with Gasteiger partial charge in [-0.1, -0.05) is 12.1 Å². The minimum absolute atomic E-state index is 0.167. The van der Waals surface area contributed by atoms with Crippen LogP contribution in [-0.2, 0) is 18.4 Å². The summed E-state index contributed by atoms with van der Waals surface area (Å²) >= 11 is 1.62. The number of rotatable bonds is 3. The Morgan fingerprint density at radius 1 is 1.55 bits per heavy atom. The summed E-state index contributed by atoms with van der Waals surface area (Å²) in [4.78, 5) is 14.5. The molecular weight excluding hydrogens is 278 g/mol. The van der Waals surface area contributed by atoms with E-state index < -0.39 is 6.10 Å². The molecule has 0 aliphatic carbocycles. The molecule has 8 heteroatoms. The molecule has 2 aromatic rings. The van der Waals surface area contributed by atoms with E-state index in [0.29, 0.717) is 11.6 Å². The van der Waals surface area contributed by atoms with Crippen molar-refractivity contribution in [2.75, 3.05) is 5.75 Å². The van der Waals surface area contributed by atoms with Crippen LogP contribution in [0, 0.1) is 0 Å². The number of aryl methyl sites for hydroxylation is 1. The van der Waals surface area contributed by atoms with Crippen LogP contribution < -0.4 is 10.1 Å².